The van der Waals surface area contributed by atoms with Crippen molar-refractivity contribution in [3.63, 3.8) is 0 Å². The van der Waals surface area contributed by atoms with E-state index in [0.717, 1.165) is 25.8 Å². The van der Waals surface area contributed by atoms with Crippen molar-refractivity contribution in [2.24, 2.45) is 0 Å². The molecule has 4 nitrogen and oxygen atoms in total. The zero-order valence-electron chi connectivity index (χ0n) is 9.86. The predicted molar refractivity (Wildman–Crippen MR) is 62.3 cm³/mol. The highest BCUT2D eigenvalue weighted by molar-refractivity contribution is 7.88. The van der Waals surface area contributed by atoms with Gasteiger partial charge < -0.3 is 5.32 Å². The molecule has 90 valence electrons. The third-order valence-corrected chi connectivity index (χ3v) is 4.33. The summed E-state index contributed by atoms with van der Waals surface area (Å²) < 4.78 is 24.9. The average molecular weight is 234 g/mol. The second-order valence-electron chi connectivity index (χ2n) is 4.28. The molecule has 1 rings (SSSR count). The lowest BCUT2D eigenvalue weighted by Gasteiger charge is -2.37. The fourth-order valence-electron chi connectivity index (χ4n) is 2.30. The maximum absolute atomic E-state index is 11.6. The molecule has 0 aromatic rings. The van der Waals surface area contributed by atoms with E-state index in [4.69, 9.17) is 0 Å². The first kappa shape index (κ1) is 12.9. The minimum Gasteiger partial charge on any atom is -0.313 e. The Bertz CT molecular complexity index is 290. The molecule has 0 spiro atoms. The molecule has 0 bridgehead atoms. The van der Waals surface area contributed by atoms with Crippen LogP contribution < -0.4 is 5.32 Å². The van der Waals surface area contributed by atoms with Crippen LogP contribution in [0.4, 0.5) is 0 Å². The number of rotatable bonds is 4. The molecule has 5 heteroatoms. The lowest BCUT2D eigenvalue weighted by molar-refractivity contribution is 0.211. The molecule has 0 amide bonds. The van der Waals surface area contributed by atoms with Gasteiger partial charge in [0.05, 0.1) is 6.26 Å². The summed E-state index contributed by atoms with van der Waals surface area (Å²) in [6.07, 6.45) is 4.40. The largest absolute Gasteiger partial charge is 0.313 e. The van der Waals surface area contributed by atoms with Crippen molar-refractivity contribution >= 4 is 10.0 Å². The summed E-state index contributed by atoms with van der Waals surface area (Å²) in [5.41, 5.74) is 0. The molecule has 2 atom stereocenters. The van der Waals surface area contributed by atoms with E-state index in [9.17, 15) is 8.42 Å². The molecule has 1 aliphatic rings. The first-order valence-corrected chi connectivity index (χ1v) is 7.52. The van der Waals surface area contributed by atoms with Gasteiger partial charge in [-0.25, -0.2) is 8.42 Å². The van der Waals surface area contributed by atoms with Gasteiger partial charge in [0.1, 0.15) is 0 Å². The van der Waals surface area contributed by atoms with E-state index in [1.54, 1.807) is 4.31 Å². The number of likely N-dealkylation sites (N-methyl/N-ethyl adjacent to an activating group) is 1. The Labute approximate surface area is 93.1 Å². The summed E-state index contributed by atoms with van der Waals surface area (Å²) in [5.74, 6) is 0. The molecule has 1 saturated heterocycles. The fourth-order valence-corrected chi connectivity index (χ4v) is 3.54. The van der Waals surface area contributed by atoms with E-state index < -0.39 is 10.0 Å². The van der Waals surface area contributed by atoms with Crippen molar-refractivity contribution in [3.8, 4) is 0 Å². The van der Waals surface area contributed by atoms with Gasteiger partial charge in [-0.05, 0) is 26.3 Å². The molecule has 1 aliphatic heterocycles. The number of hydrogen-bond acceptors (Lipinski definition) is 3. The highest BCUT2D eigenvalue weighted by atomic mass is 32.2. The maximum atomic E-state index is 11.6. The highest BCUT2D eigenvalue weighted by Gasteiger charge is 2.32. The molecule has 2 unspecified atom stereocenters. The lowest BCUT2D eigenvalue weighted by atomic mass is 9.99. The number of piperidine rings is 1. The Morgan fingerprint density at radius 2 is 2.13 bits per heavy atom. The average Bonchev–Trinajstić information content (AvgIpc) is 2.17. The smallest absolute Gasteiger partial charge is 0.211 e. The summed E-state index contributed by atoms with van der Waals surface area (Å²) in [7, 11) is -3.05. The van der Waals surface area contributed by atoms with Crippen LogP contribution in [0.1, 0.15) is 33.1 Å². The summed E-state index contributed by atoms with van der Waals surface area (Å²) in [4.78, 5) is 0. The van der Waals surface area contributed by atoms with Gasteiger partial charge in [-0.3, -0.25) is 0 Å². The van der Waals surface area contributed by atoms with Gasteiger partial charge in [0, 0.05) is 18.6 Å². The molecule has 0 saturated carbocycles. The lowest BCUT2D eigenvalue weighted by Crippen LogP contribution is -2.52. The van der Waals surface area contributed by atoms with Crippen LogP contribution in [0, 0.1) is 0 Å². The Hall–Kier alpha value is -0.130. The Morgan fingerprint density at radius 1 is 1.47 bits per heavy atom. The van der Waals surface area contributed by atoms with Crippen LogP contribution in [-0.4, -0.2) is 44.2 Å². The molecule has 0 aromatic carbocycles. The monoisotopic (exact) mass is 234 g/mol. The number of nitrogens with zero attached hydrogens (tertiary/aromatic N) is 1. The normalized spacial score (nSPS) is 26.5. The van der Waals surface area contributed by atoms with E-state index in [2.05, 4.69) is 12.2 Å². The van der Waals surface area contributed by atoms with Gasteiger partial charge in [-0.1, -0.05) is 13.3 Å². The van der Waals surface area contributed by atoms with Gasteiger partial charge in [0.15, 0.2) is 0 Å². The molecule has 1 heterocycles. The Kier molecular flexibility index (Phi) is 4.55. The van der Waals surface area contributed by atoms with E-state index in [-0.39, 0.29) is 12.1 Å². The third kappa shape index (κ3) is 3.43. The molecular weight excluding hydrogens is 212 g/mol. The van der Waals surface area contributed by atoms with Crippen LogP contribution in [0.25, 0.3) is 0 Å². The van der Waals surface area contributed by atoms with Gasteiger partial charge in [-0.2, -0.15) is 4.31 Å². The van der Waals surface area contributed by atoms with Crippen LogP contribution in [-0.2, 0) is 10.0 Å². The van der Waals surface area contributed by atoms with E-state index in [1.807, 2.05) is 6.92 Å². The first-order chi connectivity index (χ1) is 6.96. The SMILES string of the molecule is CCNC(C)C1CCCCN1S(C)(=O)=O. The summed E-state index contributed by atoms with van der Waals surface area (Å²) in [6, 6.07) is 0.374. The van der Waals surface area contributed by atoms with E-state index in [1.165, 1.54) is 6.26 Å². The minimum atomic E-state index is -3.05. The Balaban J connectivity index is 2.74. The molecule has 0 aliphatic carbocycles. The van der Waals surface area contributed by atoms with E-state index in [0.29, 0.717) is 6.54 Å². The zero-order valence-corrected chi connectivity index (χ0v) is 10.7. The molecular formula is C10H22N2O2S. The zero-order chi connectivity index (χ0) is 11.5. The fraction of sp³-hybridized carbons (Fsp3) is 1.00. The van der Waals surface area contributed by atoms with Crippen molar-refractivity contribution < 1.29 is 8.42 Å². The molecule has 15 heavy (non-hydrogen) atoms. The summed E-state index contributed by atoms with van der Waals surface area (Å²) in [6.45, 7) is 5.68. The van der Waals surface area contributed by atoms with Crippen LogP contribution in [0.5, 0.6) is 0 Å². The predicted octanol–water partition coefficient (Wildman–Crippen LogP) is 0.798. The molecule has 1 N–H and O–H groups in total. The molecule has 1 fully saturated rings. The van der Waals surface area contributed by atoms with Crippen molar-refractivity contribution in [2.75, 3.05) is 19.3 Å². The van der Waals surface area contributed by atoms with Crippen molar-refractivity contribution in [2.45, 2.75) is 45.2 Å². The van der Waals surface area contributed by atoms with Crippen molar-refractivity contribution in [1.29, 1.82) is 0 Å². The number of nitrogens with one attached hydrogen (secondary N) is 1. The summed E-state index contributed by atoms with van der Waals surface area (Å²) in [5, 5.41) is 3.31. The number of sulfonamides is 1. The van der Waals surface area contributed by atoms with E-state index >= 15 is 0 Å². The third-order valence-electron chi connectivity index (χ3n) is 3.03. The standard InChI is InChI=1S/C10H22N2O2S/c1-4-11-9(2)10-7-5-6-8-12(10)15(3,13)14/h9-11H,4-8H2,1-3H3. The van der Waals surface area contributed by atoms with Crippen molar-refractivity contribution in [1.82, 2.24) is 9.62 Å². The molecule has 0 radical (unpaired) electrons. The second-order valence-corrected chi connectivity index (χ2v) is 6.22. The van der Waals surface area contributed by atoms with Crippen molar-refractivity contribution in [3.05, 3.63) is 0 Å². The highest BCUT2D eigenvalue weighted by Crippen LogP contribution is 2.22. The minimum absolute atomic E-state index is 0.133. The number of hydrogen-bond donors (Lipinski definition) is 1. The van der Waals surface area contributed by atoms with Crippen LogP contribution in [0.2, 0.25) is 0 Å². The molecule has 0 aromatic heterocycles. The van der Waals surface area contributed by atoms with Gasteiger partial charge in [0.25, 0.3) is 0 Å². The van der Waals surface area contributed by atoms with Gasteiger partial charge in [-0.15, -0.1) is 0 Å². The second kappa shape index (κ2) is 5.27. The van der Waals surface area contributed by atoms with Gasteiger partial charge in [0.2, 0.25) is 10.0 Å². The maximum Gasteiger partial charge on any atom is 0.211 e. The topological polar surface area (TPSA) is 49.4 Å². The van der Waals surface area contributed by atoms with Crippen LogP contribution in [0.15, 0.2) is 0 Å². The first-order valence-electron chi connectivity index (χ1n) is 5.67. The quantitative estimate of drug-likeness (QED) is 0.783. The Morgan fingerprint density at radius 3 is 2.67 bits per heavy atom. The summed E-state index contributed by atoms with van der Waals surface area (Å²) >= 11 is 0. The van der Waals surface area contributed by atoms with Gasteiger partial charge >= 0.3 is 0 Å². The van der Waals surface area contributed by atoms with Crippen LogP contribution >= 0.6 is 0 Å². The van der Waals surface area contributed by atoms with Crippen LogP contribution in [0.3, 0.4) is 0 Å².